The Bertz CT molecular complexity index is 343. The van der Waals surface area contributed by atoms with Crippen LogP contribution in [0.4, 0.5) is 0 Å². The Balaban J connectivity index is 3.08. The van der Waals surface area contributed by atoms with E-state index in [9.17, 15) is 0 Å². The lowest BCUT2D eigenvalue weighted by Crippen LogP contribution is -2.11. The van der Waals surface area contributed by atoms with Crippen molar-refractivity contribution in [3.05, 3.63) is 28.5 Å². The molecule has 0 amide bonds. The molecular formula is C9H10ClN3. The largest absolute Gasteiger partial charge is 0.323 e. The molecule has 0 aliphatic rings. The molecule has 68 valence electrons. The zero-order chi connectivity index (χ0) is 9.84. The zero-order valence-corrected chi connectivity index (χ0v) is 8.04. The van der Waals surface area contributed by atoms with Crippen LogP contribution in [-0.2, 0) is 0 Å². The van der Waals surface area contributed by atoms with E-state index in [1.807, 2.05) is 13.0 Å². The van der Waals surface area contributed by atoms with Crippen LogP contribution in [0.25, 0.3) is 0 Å². The minimum atomic E-state index is -0.121. The van der Waals surface area contributed by atoms with Crippen molar-refractivity contribution in [1.82, 2.24) is 4.98 Å². The van der Waals surface area contributed by atoms with E-state index in [1.54, 1.807) is 12.1 Å². The van der Waals surface area contributed by atoms with E-state index in [1.165, 1.54) is 0 Å². The predicted octanol–water partition coefficient (Wildman–Crippen LogP) is 2.02. The molecule has 1 atom stereocenters. The van der Waals surface area contributed by atoms with Gasteiger partial charge in [0.1, 0.15) is 6.07 Å². The number of pyridine rings is 1. The van der Waals surface area contributed by atoms with Gasteiger partial charge in [0.05, 0.1) is 10.7 Å². The van der Waals surface area contributed by atoms with E-state index in [-0.39, 0.29) is 11.7 Å². The van der Waals surface area contributed by atoms with Crippen LogP contribution in [0.2, 0.25) is 5.02 Å². The van der Waals surface area contributed by atoms with Gasteiger partial charge in [-0.25, -0.2) is 4.98 Å². The van der Waals surface area contributed by atoms with E-state index < -0.39 is 0 Å². The molecule has 1 heterocycles. The normalized spacial score (nSPS) is 12.2. The van der Waals surface area contributed by atoms with Crippen LogP contribution < -0.4 is 5.73 Å². The summed E-state index contributed by atoms with van der Waals surface area (Å²) in [4.78, 5) is 4.04. The average Bonchev–Trinajstić information content (AvgIpc) is 2.17. The van der Waals surface area contributed by atoms with Crippen LogP contribution in [0.1, 0.15) is 30.8 Å². The lowest BCUT2D eigenvalue weighted by atomic mass is 10.1. The zero-order valence-electron chi connectivity index (χ0n) is 7.29. The predicted molar refractivity (Wildman–Crippen MR) is 51.2 cm³/mol. The number of halogens is 1. The highest BCUT2D eigenvalue weighted by molar-refractivity contribution is 6.31. The third-order valence-corrected chi connectivity index (χ3v) is 2.10. The number of nitrogens with two attached hydrogens (primary N) is 1. The van der Waals surface area contributed by atoms with Crippen molar-refractivity contribution in [2.75, 3.05) is 0 Å². The molecule has 0 spiro atoms. The molecule has 2 N–H and O–H groups in total. The van der Waals surface area contributed by atoms with E-state index in [2.05, 4.69) is 4.98 Å². The third-order valence-electron chi connectivity index (χ3n) is 1.79. The van der Waals surface area contributed by atoms with Gasteiger partial charge in [0, 0.05) is 6.04 Å². The first kappa shape index (κ1) is 9.97. The highest BCUT2D eigenvalue weighted by atomic mass is 35.5. The number of nitriles is 1. The van der Waals surface area contributed by atoms with E-state index >= 15 is 0 Å². The van der Waals surface area contributed by atoms with Crippen molar-refractivity contribution >= 4 is 11.6 Å². The van der Waals surface area contributed by atoms with Gasteiger partial charge in [-0.3, -0.25) is 0 Å². The molecule has 1 rings (SSSR count). The van der Waals surface area contributed by atoms with Gasteiger partial charge in [0.15, 0.2) is 5.69 Å². The van der Waals surface area contributed by atoms with Gasteiger partial charge in [0.25, 0.3) is 0 Å². The van der Waals surface area contributed by atoms with Crippen molar-refractivity contribution in [3.8, 4) is 6.07 Å². The van der Waals surface area contributed by atoms with Crippen molar-refractivity contribution in [1.29, 1.82) is 5.26 Å². The topological polar surface area (TPSA) is 62.7 Å². The molecule has 0 saturated carbocycles. The van der Waals surface area contributed by atoms with Crippen LogP contribution in [0.5, 0.6) is 0 Å². The van der Waals surface area contributed by atoms with Crippen LogP contribution in [0.15, 0.2) is 12.1 Å². The van der Waals surface area contributed by atoms with Crippen molar-refractivity contribution in [2.45, 2.75) is 19.4 Å². The molecule has 0 saturated heterocycles. The molecule has 0 radical (unpaired) electrons. The van der Waals surface area contributed by atoms with Crippen LogP contribution in [-0.4, -0.2) is 4.98 Å². The first-order chi connectivity index (χ1) is 6.19. The summed E-state index contributed by atoms with van der Waals surface area (Å²) in [5.41, 5.74) is 6.70. The second-order valence-electron chi connectivity index (χ2n) is 2.69. The summed E-state index contributed by atoms with van der Waals surface area (Å²) < 4.78 is 0. The van der Waals surface area contributed by atoms with Gasteiger partial charge < -0.3 is 5.73 Å². The maximum atomic E-state index is 8.66. The maximum Gasteiger partial charge on any atom is 0.159 e. The van der Waals surface area contributed by atoms with Crippen LogP contribution >= 0.6 is 11.6 Å². The molecule has 1 aromatic rings. The standard InChI is InChI=1S/C9H10ClN3/c1-2-7(12)8-4-3-6(10)9(5-11)13-8/h3-4,7H,2,12H2,1H3. The van der Waals surface area contributed by atoms with Crippen molar-refractivity contribution in [2.24, 2.45) is 5.73 Å². The summed E-state index contributed by atoms with van der Waals surface area (Å²) in [5, 5.41) is 9.03. The summed E-state index contributed by atoms with van der Waals surface area (Å²) >= 11 is 5.72. The Morgan fingerprint density at radius 1 is 1.69 bits per heavy atom. The van der Waals surface area contributed by atoms with Crippen molar-refractivity contribution in [3.63, 3.8) is 0 Å². The van der Waals surface area contributed by atoms with Crippen molar-refractivity contribution < 1.29 is 0 Å². The summed E-state index contributed by atoms with van der Waals surface area (Å²) in [7, 11) is 0. The molecule has 1 unspecified atom stereocenters. The van der Waals surface area contributed by atoms with Gasteiger partial charge in [-0.05, 0) is 18.6 Å². The Kier molecular flexibility index (Phi) is 3.24. The second-order valence-corrected chi connectivity index (χ2v) is 3.10. The van der Waals surface area contributed by atoms with Gasteiger partial charge in [-0.2, -0.15) is 5.26 Å². The number of rotatable bonds is 2. The fourth-order valence-electron chi connectivity index (χ4n) is 0.951. The quantitative estimate of drug-likeness (QED) is 0.785. The van der Waals surface area contributed by atoms with E-state index in [0.29, 0.717) is 10.7 Å². The summed E-state index contributed by atoms with van der Waals surface area (Å²) in [6.45, 7) is 1.97. The highest BCUT2D eigenvalue weighted by Crippen LogP contribution is 2.17. The molecule has 0 bridgehead atoms. The van der Waals surface area contributed by atoms with Crippen LogP contribution in [0, 0.1) is 11.3 Å². The number of nitrogens with zero attached hydrogens (tertiary/aromatic N) is 2. The monoisotopic (exact) mass is 195 g/mol. The highest BCUT2D eigenvalue weighted by Gasteiger charge is 2.07. The summed E-state index contributed by atoms with van der Waals surface area (Å²) in [6.07, 6.45) is 0.791. The Morgan fingerprint density at radius 3 is 2.92 bits per heavy atom. The van der Waals surface area contributed by atoms with E-state index in [0.717, 1.165) is 6.42 Å². The number of aromatic nitrogens is 1. The fraction of sp³-hybridized carbons (Fsp3) is 0.333. The lowest BCUT2D eigenvalue weighted by Gasteiger charge is -2.07. The van der Waals surface area contributed by atoms with Gasteiger partial charge in [0.2, 0.25) is 0 Å². The Labute approximate surface area is 82.1 Å². The number of hydrogen-bond donors (Lipinski definition) is 1. The maximum absolute atomic E-state index is 8.66. The molecule has 4 heteroatoms. The van der Waals surface area contributed by atoms with E-state index in [4.69, 9.17) is 22.6 Å². The summed E-state index contributed by atoms with van der Waals surface area (Å²) in [6, 6.07) is 5.19. The molecule has 0 aliphatic heterocycles. The smallest absolute Gasteiger partial charge is 0.159 e. The minimum absolute atomic E-state index is 0.121. The SMILES string of the molecule is CCC(N)c1ccc(Cl)c(C#N)n1. The molecule has 1 aromatic heterocycles. The van der Waals surface area contributed by atoms with Gasteiger partial charge in [-0.1, -0.05) is 18.5 Å². The second kappa shape index (κ2) is 4.22. The summed E-state index contributed by atoms with van der Waals surface area (Å²) in [5.74, 6) is 0. The fourth-order valence-corrected chi connectivity index (χ4v) is 1.10. The molecule has 13 heavy (non-hydrogen) atoms. The first-order valence-corrected chi connectivity index (χ1v) is 4.39. The van der Waals surface area contributed by atoms with Gasteiger partial charge >= 0.3 is 0 Å². The van der Waals surface area contributed by atoms with Gasteiger partial charge in [-0.15, -0.1) is 0 Å². The molecule has 0 aliphatic carbocycles. The first-order valence-electron chi connectivity index (χ1n) is 4.01. The molecular weight excluding hydrogens is 186 g/mol. The Morgan fingerprint density at radius 2 is 2.38 bits per heavy atom. The van der Waals surface area contributed by atoms with Crippen LogP contribution in [0.3, 0.4) is 0 Å². The lowest BCUT2D eigenvalue weighted by molar-refractivity contribution is 0.674. The molecule has 0 fully saturated rings. The Hall–Kier alpha value is -1.11. The third kappa shape index (κ3) is 2.18. The molecule has 3 nitrogen and oxygen atoms in total. The average molecular weight is 196 g/mol. The minimum Gasteiger partial charge on any atom is -0.323 e. The molecule has 0 aromatic carbocycles. The number of hydrogen-bond acceptors (Lipinski definition) is 3.